The first kappa shape index (κ1) is 27.0. The van der Waals surface area contributed by atoms with E-state index in [0.717, 1.165) is 1.93 Å². The van der Waals surface area contributed by atoms with Crippen molar-refractivity contribution in [3.63, 3.8) is 0 Å². The number of unbranched alkanes of at least 4 members (excludes halogenated alkanes) is 1. The second-order valence-corrected chi connectivity index (χ2v) is 11.0. The number of furan rings is 1. The van der Waals surface area contributed by atoms with Gasteiger partial charge in [0, 0.05) is 6.42 Å². The summed E-state index contributed by atoms with van der Waals surface area (Å²) in [6.07, 6.45) is -8.44. The maximum absolute atomic E-state index is 12.6. The molecule has 0 fully saturated rings. The van der Waals surface area contributed by atoms with Crippen molar-refractivity contribution in [1.82, 2.24) is 0 Å². The van der Waals surface area contributed by atoms with Gasteiger partial charge in [0.2, 0.25) is 0 Å². The molecule has 0 radical (unpaired) electrons. The van der Waals surface area contributed by atoms with Crippen molar-refractivity contribution in [2.75, 3.05) is 0 Å². The van der Waals surface area contributed by atoms with Crippen LogP contribution in [0.5, 0.6) is 0 Å². The minimum Gasteiger partial charge on any atom is -0.454 e. The molecule has 0 aliphatic heterocycles. The lowest BCUT2D eigenvalue weighted by Gasteiger charge is -2.30. The van der Waals surface area contributed by atoms with Crippen LogP contribution in [0.15, 0.2) is 16.5 Å². The Balaban J connectivity index is 0.000000972. The van der Waals surface area contributed by atoms with Crippen LogP contribution in [-0.4, -0.2) is 25.2 Å². The Morgan fingerprint density at radius 2 is 1.59 bits per heavy atom. The normalized spacial score (nSPS) is 12.7. The van der Waals surface area contributed by atoms with Crippen LogP contribution < -0.4 is 0 Å². The molecule has 0 saturated carbocycles. The molecule has 1 aromatic rings. The van der Waals surface area contributed by atoms with Crippen LogP contribution in [0.4, 0.5) is 26.3 Å². The van der Waals surface area contributed by atoms with Gasteiger partial charge in [-0.15, -0.1) is 0 Å². The maximum atomic E-state index is 12.6. The van der Waals surface area contributed by atoms with E-state index in [1.54, 1.807) is 6.92 Å². The second-order valence-electron chi connectivity index (χ2n) is 5.58. The number of aliphatic hydroxyl groups is 1. The molecule has 0 unspecified atom stereocenters. The summed E-state index contributed by atoms with van der Waals surface area (Å²) in [4.78, 5) is 11.5. The number of carbonyl (C=O) groups excluding carboxylic acids is 1. The van der Waals surface area contributed by atoms with Crippen molar-refractivity contribution >= 4 is 51.0 Å². The van der Waals surface area contributed by atoms with Gasteiger partial charge in [0.25, 0.3) is 0 Å². The fourth-order valence-electron chi connectivity index (χ4n) is 1.80. The summed E-state index contributed by atoms with van der Waals surface area (Å²) >= 11 is 4.86. The lowest BCUT2D eigenvalue weighted by Crippen LogP contribution is -2.53. The minimum absolute atomic E-state index is 0.0695. The van der Waals surface area contributed by atoms with E-state index in [-0.39, 0.29) is 6.42 Å². The summed E-state index contributed by atoms with van der Waals surface area (Å²) in [7, 11) is 0. The van der Waals surface area contributed by atoms with Crippen molar-refractivity contribution in [3.8, 4) is 0 Å². The third-order valence-electron chi connectivity index (χ3n) is 3.32. The third-order valence-corrected chi connectivity index (χ3v) is 4.57. The number of hydrogen-bond acceptors (Lipinski definition) is 3. The van der Waals surface area contributed by atoms with Gasteiger partial charge in [0.15, 0.2) is 17.3 Å². The van der Waals surface area contributed by atoms with Crippen LogP contribution in [0.1, 0.15) is 62.3 Å². The molecular weight excluding hydrogens is 608 g/mol. The maximum Gasteiger partial charge on any atom is 0.433 e. The topological polar surface area (TPSA) is 50.4 Å². The molecule has 158 valence electrons. The first-order valence-electron chi connectivity index (χ1n) is 7.99. The lowest BCUT2D eigenvalue weighted by molar-refractivity contribution is -0.381. The molecule has 0 aliphatic rings. The van der Waals surface area contributed by atoms with Crippen LogP contribution in [0.25, 0.3) is 0 Å². The van der Waals surface area contributed by atoms with Gasteiger partial charge < -0.3 is 9.52 Å². The van der Waals surface area contributed by atoms with Crippen molar-refractivity contribution < 1.29 is 40.7 Å². The third kappa shape index (κ3) is 7.71. The highest BCUT2D eigenvalue weighted by molar-refractivity contribution is 14.2. The SMILES string of the molecule is CCCC(I)I.CCCCC(=O)c1ccc(C(O)(C(F)(F)F)C(F)(F)F)o1. The molecule has 1 N–H and O–H groups in total. The summed E-state index contributed by atoms with van der Waals surface area (Å²) in [6.45, 7) is 3.97. The minimum atomic E-state index is -6.03. The van der Waals surface area contributed by atoms with Crippen LogP contribution in [0.3, 0.4) is 0 Å². The van der Waals surface area contributed by atoms with E-state index in [1.807, 2.05) is 0 Å². The summed E-state index contributed by atoms with van der Waals surface area (Å²) in [5.41, 5.74) is -5.15. The Kier molecular flexibility index (Phi) is 11.2. The molecule has 27 heavy (non-hydrogen) atoms. The highest BCUT2D eigenvalue weighted by atomic mass is 127. The number of Topliss-reactive ketones (excluding diaryl/α,β-unsaturated/α-hetero) is 1. The van der Waals surface area contributed by atoms with Crippen LogP contribution in [0.2, 0.25) is 0 Å². The number of ketones is 1. The van der Waals surface area contributed by atoms with E-state index >= 15 is 0 Å². The summed E-state index contributed by atoms with van der Waals surface area (Å²) in [5.74, 6) is -3.15. The molecule has 0 atom stereocenters. The van der Waals surface area contributed by atoms with Gasteiger partial charge in [-0.25, -0.2) is 0 Å². The highest BCUT2D eigenvalue weighted by Gasteiger charge is 2.73. The fraction of sp³-hybridized carbons (Fsp3) is 0.688. The predicted molar refractivity (Wildman–Crippen MR) is 105 cm³/mol. The van der Waals surface area contributed by atoms with E-state index in [0.29, 0.717) is 25.0 Å². The Labute approximate surface area is 180 Å². The predicted octanol–water partition coefficient (Wildman–Crippen LogP) is 6.95. The first-order valence-corrected chi connectivity index (χ1v) is 10.5. The molecule has 0 saturated heterocycles. The number of carbonyl (C=O) groups is 1. The lowest BCUT2D eigenvalue weighted by atomic mass is 9.99. The number of hydrogen-bond donors (Lipinski definition) is 1. The Bertz CT molecular complexity index is 567. The van der Waals surface area contributed by atoms with E-state index in [2.05, 4.69) is 56.5 Å². The largest absolute Gasteiger partial charge is 0.454 e. The molecule has 1 rings (SSSR count). The fourth-order valence-corrected chi connectivity index (χ4v) is 3.05. The summed E-state index contributed by atoms with van der Waals surface area (Å²) < 4.78 is 80.7. The van der Waals surface area contributed by atoms with Crippen molar-refractivity contribution in [3.05, 3.63) is 23.7 Å². The Hall–Kier alpha value is -0.0500. The van der Waals surface area contributed by atoms with Crippen molar-refractivity contribution in [1.29, 1.82) is 0 Å². The van der Waals surface area contributed by atoms with Gasteiger partial charge in [0.1, 0.15) is 0 Å². The molecule has 0 aromatic carbocycles. The van der Waals surface area contributed by atoms with Crippen LogP contribution in [0, 0.1) is 0 Å². The number of halogens is 8. The van der Waals surface area contributed by atoms with E-state index in [4.69, 9.17) is 5.11 Å². The standard InChI is InChI=1S/C12H12F6O3.C4H8I2/c1-2-3-4-7(19)8-5-6-9(21-8)10(20,11(13,14)15)12(16,17)18;1-2-3-4(5)6/h5-6,20H,2-4H2,1H3;4H,2-3H2,1H3. The summed E-state index contributed by atoms with van der Waals surface area (Å²) in [5, 5.41) is 9.07. The second kappa shape index (κ2) is 11.2. The van der Waals surface area contributed by atoms with Gasteiger partial charge in [-0.05, 0) is 25.0 Å². The van der Waals surface area contributed by atoms with Crippen LogP contribution in [-0.2, 0) is 5.60 Å². The molecule has 11 heteroatoms. The monoisotopic (exact) mass is 628 g/mol. The highest BCUT2D eigenvalue weighted by Crippen LogP contribution is 2.50. The molecule has 1 heterocycles. The molecule has 0 aliphatic carbocycles. The quantitative estimate of drug-likeness (QED) is 0.154. The van der Waals surface area contributed by atoms with Gasteiger partial charge in [-0.3, -0.25) is 4.79 Å². The average Bonchev–Trinajstić information content (AvgIpc) is 3.00. The van der Waals surface area contributed by atoms with Crippen molar-refractivity contribution in [2.24, 2.45) is 0 Å². The Morgan fingerprint density at radius 3 is 1.93 bits per heavy atom. The smallest absolute Gasteiger partial charge is 0.433 e. The molecule has 0 spiro atoms. The Morgan fingerprint density at radius 1 is 1.07 bits per heavy atom. The van der Waals surface area contributed by atoms with Gasteiger partial charge in [-0.2, -0.15) is 26.3 Å². The molecule has 0 amide bonds. The number of rotatable bonds is 7. The van der Waals surface area contributed by atoms with E-state index < -0.39 is 35.3 Å². The van der Waals surface area contributed by atoms with E-state index in [1.165, 1.54) is 12.8 Å². The zero-order valence-corrected chi connectivity index (χ0v) is 18.9. The molecule has 1 aromatic heterocycles. The van der Waals surface area contributed by atoms with Gasteiger partial charge in [0.05, 0.1) is 1.93 Å². The zero-order valence-electron chi connectivity index (χ0n) is 14.6. The zero-order chi connectivity index (χ0) is 21.5. The van der Waals surface area contributed by atoms with Crippen molar-refractivity contribution in [2.45, 2.75) is 65.8 Å². The number of alkyl halides is 8. The van der Waals surface area contributed by atoms with E-state index in [9.17, 15) is 31.1 Å². The van der Waals surface area contributed by atoms with Gasteiger partial charge >= 0.3 is 18.0 Å². The summed E-state index contributed by atoms with van der Waals surface area (Å²) in [6, 6.07) is 0.996. The average molecular weight is 628 g/mol. The molecular formula is C16H20F6I2O3. The molecule has 0 bridgehead atoms. The molecule has 3 nitrogen and oxygen atoms in total. The van der Waals surface area contributed by atoms with Gasteiger partial charge in [-0.1, -0.05) is 71.9 Å². The van der Waals surface area contributed by atoms with Crippen LogP contribution >= 0.6 is 45.2 Å². The first-order chi connectivity index (χ1) is 12.2.